The number of rotatable bonds is 9. The van der Waals surface area contributed by atoms with Crippen molar-refractivity contribution in [3.8, 4) is 17.2 Å². The van der Waals surface area contributed by atoms with Gasteiger partial charge in [-0.15, -0.1) is 11.8 Å². The lowest BCUT2D eigenvalue weighted by atomic mass is 10.00. The summed E-state index contributed by atoms with van der Waals surface area (Å²) in [6.07, 6.45) is 2.04. The van der Waals surface area contributed by atoms with Gasteiger partial charge in [-0.05, 0) is 53.8 Å². The van der Waals surface area contributed by atoms with Gasteiger partial charge in [0, 0.05) is 22.7 Å². The molecule has 0 bridgehead atoms. The van der Waals surface area contributed by atoms with Crippen LogP contribution in [0.1, 0.15) is 33.9 Å². The first-order valence-electron chi connectivity index (χ1n) is 11.1. The van der Waals surface area contributed by atoms with Crippen molar-refractivity contribution in [2.24, 2.45) is 0 Å². The number of carbonyl (C=O) groups excluding carboxylic acids is 2. The van der Waals surface area contributed by atoms with Crippen LogP contribution in [0.4, 0.5) is 5.69 Å². The lowest BCUT2D eigenvalue weighted by molar-refractivity contribution is -0.117. The van der Waals surface area contributed by atoms with Gasteiger partial charge in [0.25, 0.3) is 5.91 Å². The Morgan fingerprint density at radius 3 is 2.34 bits per heavy atom. The molecule has 1 atom stereocenters. The van der Waals surface area contributed by atoms with Gasteiger partial charge in [-0.3, -0.25) is 9.59 Å². The Kier molecular flexibility index (Phi) is 7.51. The van der Waals surface area contributed by atoms with E-state index in [-0.39, 0.29) is 18.2 Å². The zero-order chi connectivity index (χ0) is 24.9. The van der Waals surface area contributed by atoms with Crippen LogP contribution in [-0.4, -0.2) is 44.3 Å². The van der Waals surface area contributed by atoms with E-state index in [1.807, 2.05) is 54.8 Å². The summed E-state index contributed by atoms with van der Waals surface area (Å²) in [7, 11) is 4.62. The van der Waals surface area contributed by atoms with Crippen LogP contribution in [-0.2, 0) is 11.3 Å². The van der Waals surface area contributed by atoms with Crippen LogP contribution in [0, 0.1) is 0 Å². The standard InChI is InChI=1S/C27H28N2O5S/c1-32-23-12-18(13-24(33-2)26(23)34-3)22(29-16-17-8-5-6-11-21(17)27(29)31)15-25(30)28-19-9-7-10-20(14-19)35-4/h5-14,22H,15-16H2,1-4H3,(H,28,30)/t22-/m1/s1. The summed E-state index contributed by atoms with van der Waals surface area (Å²) in [5.41, 5.74) is 3.01. The maximum absolute atomic E-state index is 13.4. The van der Waals surface area contributed by atoms with E-state index in [9.17, 15) is 9.59 Å². The molecule has 3 aromatic rings. The molecule has 2 amide bonds. The minimum Gasteiger partial charge on any atom is -0.493 e. The smallest absolute Gasteiger partial charge is 0.255 e. The monoisotopic (exact) mass is 492 g/mol. The summed E-state index contributed by atoms with van der Waals surface area (Å²) in [4.78, 5) is 29.4. The van der Waals surface area contributed by atoms with Gasteiger partial charge in [0.1, 0.15) is 0 Å². The molecular weight excluding hydrogens is 464 g/mol. The predicted octanol–water partition coefficient (Wildman–Crippen LogP) is 5.16. The maximum atomic E-state index is 13.4. The molecule has 1 aliphatic heterocycles. The van der Waals surface area contributed by atoms with E-state index in [4.69, 9.17) is 14.2 Å². The number of benzene rings is 3. The van der Waals surface area contributed by atoms with Gasteiger partial charge in [-0.1, -0.05) is 24.3 Å². The topological polar surface area (TPSA) is 77.1 Å². The molecule has 35 heavy (non-hydrogen) atoms. The SMILES string of the molecule is COc1cc([C@@H](CC(=O)Nc2cccc(SC)c2)N2Cc3ccccc3C2=O)cc(OC)c1OC. The van der Waals surface area contributed by atoms with Gasteiger partial charge >= 0.3 is 0 Å². The zero-order valence-electron chi connectivity index (χ0n) is 20.2. The van der Waals surface area contributed by atoms with Crippen LogP contribution in [0.5, 0.6) is 17.2 Å². The Labute approximate surface area is 209 Å². The molecule has 0 saturated heterocycles. The van der Waals surface area contributed by atoms with Gasteiger partial charge in [-0.25, -0.2) is 0 Å². The van der Waals surface area contributed by atoms with Crippen molar-refractivity contribution in [1.82, 2.24) is 4.90 Å². The van der Waals surface area contributed by atoms with E-state index in [1.165, 1.54) is 7.11 Å². The number of nitrogens with one attached hydrogen (secondary N) is 1. The van der Waals surface area contributed by atoms with Crippen molar-refractivity contribution in [3.05, 3.63) is 77.4 Å². The number of anilines is 1. The largest absolute Gasteiger partial charge is 0.493 e. The molecule has 0 fully saturated rings. The molecule has 3 aromatic carbocycles. The van der Waals surface area contributed by atoms with Crippen LogP contribution in [0.15, 0.2) is 65.6 Å². The van der Waals surface area contributed by atoms with Crippen molar-refractivity contribution >= 4 is 29.3 Å². The van der Waals surface area contributed by atoms with Gasteiger partial charge in [-0.2, -0.15) is 0 Å². The van der Waals surface area contributed by atoms with Gasteiger partial charge < -0.3 is 24.4 Å². The molecular formula is C27H28N2O5S. The van der Waals surface area contributed by atoms with E-state index in [0.29, 0.717) is 40.6 Å². The van der Waals surface area contributed by atoms with Crippen molar-refractivity contribution in [2.75, 3.05) is 32.9 Å². The number of thioether (sulfide) groups is 1. The van der Waals surface area contributed by atoms with Crippen LogP contribution < -0.4 is 19.5 Å². The highest BCUT2D eigenvalue weighted by atomic mass is 32.2. The minimum absolute atomic E-state index is 0.0574. The summed E-state index contributed by atoms with van der Waals surface area (Å²) in [5.74, 6) is 1.06. The fourth-order valence-electron chi connectivity index (χ4n) is 4.32. The van der Waals surface area contributed by atoms with Crippen molar-refractivity contribution in [3.63, 3.8) is 0 Å². The molecule has 0 spiro atoms. The summed E-state index contributed by atoms with van der Waals surface area (Å²) >= 11 is 1.60. The number of carbonyl (C=O) groups is 2. The van der Waals surface area contributed by atoms with Crippen molar-refractivity contribution < 1.29 is 23.8 Å². The Hall–Kier alpha value is -3.65. The molecule has 1 heterocycles. The van der Waals surface area contributed by atoms with E-state index in [0.717, 1.165) is 10.5 Å². The molecule has 8 heteroatoms. The van der Waals surface area contributed by atoms with Crippen LogP contribution >= 0.6 is 11.8 Å². The number of hydrogen-bond donors (Lipinski definition) is 1. The first-order valence-corrected chi connectivity index (χ1v) is 12.3. The van der Waals surface area contributed by atoms with Crippen molar-refractivity contribution in [2.45, 2.75) is 23.9 Å². The lowest BCUT2D eigenvalue weighted by Crippen LogP contribution is -2.32. The predicted molar refractivity (Wildman–Crippen MR) is 137 cm³/mol. The number of hydrogen-bond acceptors (Lipinski definition) is 6. The second-order valence-corrected chi connectivity index (χ2v) is 8.93. The fourth-order valence-corrected chi connectivity index (χ4v) is 4.78. The number of amides is 2. The third-order valence-corrected chi connectivity index (χ3v) is 6.75. The van der Waals surface area contributed by atoms with Crippen LogP contribution in [0.25, 0.3) is 0 Å². The molecule has 7 nitrogen and oxygen atoms in total. The average Bonchev–Trinajstić information content (AvgIpc) is 3.22. The summed E-state index contributed by atoms with van der Waals surface area (Å²) in [6.45, 7) is 0.408. The third kappa shape index (κ3) is 5.07. The highest BCUT2D eigenvalue weighted by Crippen LogP contribution is 2.43. The normalized spacial score (nSPS) is 13.3. The van der Waals surface area contributed by atoms with Crippen LogP contribution in [0.2, 0.25) is 0 Å². The quantitative estimate of drug-likeness (QED) is 0.416. The van der Waals surface area contributed by atoms with Gasteiger partial charge in [0.2, 0.25) is 11.7 Å². The molecule has 182 valence electrons. The highest BCUT2D eigenvalue weighted by Gasteiger charge is 2.35. The second kappa shape index (κ2) is 10.7. The van der Waals surface area contributed by atoms with E-state index in [2.05, 4.69) is 5.32 Å². The number of ether oxygens (including phenoxy) is 3. The van der Waals surface area contributed by atoms with Gasteiger partial charge in [0.15, 0.2) is 11.5 Å². The third-order valence-electron chi connectivity index (χ3n) is 6.03. The summed E-state index contributed by atoms with van der Waals surface area (Å²) < 4.78 is 16.5. The number of fused-ring (bicyclic) bond motifs is 1. The fraction of sp³-hybridized carbons (Fsp3) is 0.259. The molecule has 4 rings (SSSR count). The Bertz CT molecular complexity index is 1220. The first kappa shape index (κ1) is 24.5. The molecule has 1 N–H and O–H groups in total. The maximum Gasteiger partial charge on any atom is 0.255 e. The molecule has 0 aromatic heterocycles. The first-order chi connectivity index (χ1) is 17.0. The van der Waals surface area contributed by atoms with Crippen LogP contribution in [0.3, 0.4) is 0 Å². The molecule has 0 radical (unpaired) electrons. The van der Waals surface area contributed by atoms with Crippen molar-refractivity contribution in [1.29, 1.82) is 0 Å². The van der Waals surface area contributed by atoms with Gasteiger partial charge in [0.05, 0.1) is 33.8 Å². The summed E-state index contributed by atoms with van der Waals surface area (Å²) in [6, 6.07) is 18.2. The number of methoxy groups -OCH3 is 3. The second-order valence-electron chi connectivity index (χ2n) is 8.05. The highest BCUT2D eigenvalue weighted by molar-refractivity contribution is 7.98. The lowest BCUT2D eigenvalue weighted by Gasteiger charge is -2.29. The number of nitrogens with zero attached hydrogens (tertiary/aromatic N) is 1. The Morgan fingerprint density at radius 1 is 1.00 bits per heavy atom. The van der Waals surface area contributed by atoms with E-state index in [1.54, 1.807) is 43.0 Å². The Morgan fingerprint density at radius 2 is 1.71 bits per heavy atom. The zero-order valence-corrected chi connectivity index (χ0v) is 21.0. The molecule has 1 aliphatic rings. The molecule has 0 unspecified atom stereocenters. The molecule has 0 aliphatic carbocycles. The Balaban J connectivity index is 1.70. The van der Waals surface area contributed by atoms with E-state index < -0.39 is 6.04 Å². The molecule has 0 saturated carbocycles. The minimum atomic E-state index is -0.549. The van der Waals surface area contributed by atoms with E-state index >= 15 is 0 Å². The average molecular weight is 493 g/mol. The summed E-state index contributed by atoms with van der Waals surface area (Å²) in [5, 5.41) is 2.98.